The number of rotatable bonds is 2. The Morgan fingerprint density at radius 2 is 2.40 bits per heavy atom. The zero-order chi connectivity index (χ0) is 11.4. The number of hydrogen-bond acceptors (Lipinski definition) is 5. The lowest BCUT2D eigenvalue weighted by Crippen LogP contribution is -2.31. The molecule has 0 saturated carbocycles. The predicted octanol–water partition coefficient (Wildman–Crippen LogP) is -0.283. The van der Waals surface area contributed by atoms with Crippen LogP contribution in [0.4, 0.5) is 5.82 Å². The molecule has 1 rings (SSSR count). The SMILES string of the molecule is CC(=O)Nc1no[n+]([O-])c1C(=O)N=[N+]=[N-]. The number of nitrogens with zero attached hydrogens (tertiary/aromatic N) is 5. The minimum Gasteiger partial charge on any atom is -0.359 e. The molecule has 0 aliphatic rings. The number of hydrogen-bond donors (Lipinski definition) is 1. The maximum Gasteiger partial charge on any atom is 0.325 e. The summed E-state index contributed by atoms with van der Waals surface area (Å²) in [6, 6.07) is 0. The number of aromatic nitrogens is 2. The average Bonchev–Trinajstić information content (AvgIpc) is 2.46. The lowest BCUT2D eigenvalue weighted by Gasteiger charge is -1.92. The summed E-state index contributed by atoms with van der Waals surface area (Å²) < 4.78 is 4.06. The van der Waals surface area contributed by atoms with Gasteiger partial charge in [0, 0.05) is 11.8 Å². The van der Waals surface area contributed by atoms with E-state index in [2.05, 4.69) is 25.1 Å². The third-order valence-electron chi connectivity index (χ3n) is 1.25. The van der Waals surface area contributed by atoms with Gasteiger partial charge in [0.15, 0.2) is 0 Å². The number of azide groups is 1. The van der Waals surface area contributed by atoms with Crippen molar-refractivity contribution in [3.05, 3.63) is 21.3 Å². The highest BCUT2D eigenvalue weighted by molar-refractivity contribution is 5.99. The van der Waals surface area contributed by atoms with Gasteiger partial charge in [-0.2, -0.15) is 0 Å². The fourth-order valence-electron chi connectivity index (χ4n) is 0.765. The van der Waals surface area contributed by atoms with Gasteiger partial charge in [-0.25, -0.2) is 0 Å². The average molecular weight is 212 g/mol. The summed E-state index contributed by atoms with van der Waals surface area (Å²) in [6.45, 7) is 1.14. The van der Waals surface area contributed by atoms with Gasteiger partial charge >= 0.3 is 5.82 Å². The van der Waals surface area contributed by atoms with Gasteiger partial charge in [0.1, 0.15) is 0 Å². The Kier molecular flexibility index (Phi) is 2.84. The van der Waals surface area contributed by atoms with Crippen LogP contribution in [-0.2, 0) is 4.79 Å². The zero-order valence-electron chi connectivity index (χ0n) is 7.37. The number of amides is 2. The lowest BCUT2D eigenvalue weighted by atomic mass is 10.4. The highest BCUT2D eigenvalue weighted by Gasteiger charge is 2.26. The molecule has 10 nitrogen and oxygen atoms in total. The summed E-state index contributed by atoms with van der Waals surface area (Å²) in [6.07, 6.45) is 0. The molecule has 0 unspecified atom stereocenters. The van der Waals surface area contributed by atoms with E-state index >= 15 is 0 Å². The topological polar surface area (TPSA) is 148 Å². The van der Waals surface area contributed by atoms with E-state index in [1.165, 1.54) is 0 Å². The minimum absolute atomic E-state index is 0.262. The quantitative estimate of drug-likeness (QED) is 0.309. The van der Waals surface area contributed by atoms with E-state index in [-0.39, 0.29) is 4.90 Å². The molecule has 0 fully saturated rings. The summed E-state index contributed by atoms with van der Waals surface area (Å²) in [4.78, 5) is 23.6. The Hall–Kier alpha value is -2.61. The van der Waals surface area contributed by atoms with Crippen LogP contribution in [0.2, 0.25) is 0 Å². The van der Waals surface area contributed by atoms with E-state index in [1.807, 2.05) is 0 Å². The van der Waals surface area contributed by atoms with Gasteiger partial charge in [0.25, 0.3) is 11.6 Å². The van der Waals surface area contributed by atoms with Crippen molar-refractivity contribution in [1.29, 1.82) is 0 Å². The van der Waals surface area contributed by atoms with E-state index in [0.717, 1.165) is 6.92 Å². The minimum atomic E-state index is -1.20. The third kappa shape index (κ3) is 2.19. The summed E-state index contributed by atoms with van der Waals surface area (Å²) in [7, 11) is 0. The van der Waals surface area contributed by atoms with Crippen LogP contribution in [-0.4, -0.2) is 17.0 Å². The van der Waals surface area contributed by atoms with E-state index in [9.17, 15) is 14.8 Å². The third-order valence-corrected chi connectivity index (χ3v) is 1.25. The highest BCUT2D eigenvalue weighted by Crippen LogP contribution is 2.08. The van der Waals surface area contributed by atoms with Crippen LogP contribution in [0.1, 0.15) is 17.4 Å². The monoisotopic (exact) mass is 212 g/mol. The maximum absolute atomic E-state index is 11.0. The first-order chi connectivity index (χ1) is 7.06. The number of nitrogens with one attached hydrogen (secondary N) is 1. The lowest BCUT2D eigenvalue weighted by molar-refractivity contribution is -0.803. The Morgan fingerprint density at radius 1 is 1.73 bits per heavy atom. The molecule has 0 radical (unpaired) electrons. The second kappa shape index (κ2) is 4.07. The van der Waals surface area contributed by atoms with Crippen molar-refractivity contribution in [2.45, 2.75) is 6.92 Å². The van der Waals surface area contributed by atoms with Gasteiger partial charge in [-0.05, 0) is 15.5 Å². The number of anilines is 1. The molecule has 0 aliphatic heterocycles. The van der Waals surface area contributed by atoms with Gasteiger partial charge < -0.3 is 5.21 Å². The Labute approximate surface area is 81.6 Å². The Bertz CT molecular complexity index is 458. The first-order valence-corrected chi connectivity index (χ1v) is 3.53. The van der Waals surface area contributed by atoms with Gasteiger partial charge in [-0.15, -0.1) is 0 Å². The molecule has 0 atom stereocenters. The molecule has 0 bridgehead atoms. The summed E-state index contributed by atoms with van der Waals surface area (Å²) in [5.41, 5.74) is 7.31. The van der Waals surface area contributed by atoms with Crippen molar-refractivity contribution in [1.82, 2.24) is 5.16 Å². The van der Waals surface area contributed by atoms with E-state index in [4.69, 9.17) is 5.53 Å². The summed E-state index contributed by atoms with van der Waals surface area (Å²) in [5, 5.41) is 18.7. The van der Waals surface area contributed by atoms with Gasteiger partial charge in [-0.3, -0.25) is 19.5 Å². The van der Waals surface area contributed by atoms with Crippen molar-refractivity contribution in [2.75, 3.05) is 5.32 Å². The summed E-state index contributed by atoms with van der Waals surface area (Å²) in [5.74, 6) is -2.15. The standard InChI is InChI=1S/C5H4N6O4/c1-2(12)7-4-3(5(13)8-10-6)11(14)15-9-4/h1H3,(H,7,9,12). The van der Waals surface area contributed by atoms with Gasteiger partial charge in [0.2, 0.25) is 5.91 Å². The molecule has 0 aromatic carbocycles. The van der Waals surface area contributed by atoms with E-state index in [1.54, 1.807) is 0 Å². The van der Waals surface area contributed by atoms with Crippen LogP contribution in [0.3, 0.4) is 0 Å². The molecule has 1 aromatic heterocycles. The van der Waals surface area contributed by atoms with Crippen LogP contribution in [0.15, 0.2) is 9.74 Å². The molecular weight excluding hydrogens is 208 g/mol. The van der Waals surface area contributed by atoms with Crippen LogP contribution in [0.25, 0.3) is 10.4 Å². The molecule has 0 saturated heterocycles. The van der Waals surface area contributed by atoms with Crippen molar-refractivity contribution in [3.63, 3.8) is 0 Å². The molecule has 1 aromatic rings. The smallest absolute Gasteiger partial charge is 0.325 e. The molecule has 2 amide bonds. The zero-order valence-corrected chi connectivity index (χ0v) is 7.37. The normalized spacial score (nSPS) is 9.13. The maximum atomic E-state index is 11.0. The van der Waals surface area contributed by atoms with Crippen LogP contribution in [0, 0.1) is 5.21 Å². The molecule has 10 heteroatoms. The number of carbonyl (C=O) groups excluding carboxylic acids is 2. The molecule has 0 spiro atoms. The van der Waals surface area contributed by atoms with Crippen molar-refractivity contribution >= 4 is 17.6 Å². The first-order valence-electron chi connectivity index (χ1n) is 3.53. The van der Waals surface area contributed by atoms with Crippen LogP contribution in [0.5, 0.6) is 0 Å². The number of carbonyl (C=O) groups is 2. The first kappa shape index (κ1) is 10.5. The molecule has 1 heterocycles. The largest absolute Gasteiger partial charge is 0.359 e. The van der Waals surface area contributed by atoms with Crippen molar-refractivity contribution in [3.8, 4) is 0 Å². The fraction of sp³-hybridized carbons (Fsp3) is 0.200. The second-order valence-corrected chi connectivity index (χ2v) is 2.30. The van der Waals surface area contributed by atoms with Crippen LogP contribution >= 0.6 is 0 Å². The van der Waals surface area contributed by atoms with Gasteiger partial charge in [0.05, 0.1) is 5.16 Å². The van der Waals surface area contributed by atoms with Crippen molar-refractivity contribution < 1.29 is 19.1 Å². The van der Waals surface area contributed by atoms with Crippen LogP contribution < -0.4 is 10.2 Å². The predicted molar refractivity (Wildman–Crippen MR) is 43.2 cm³/mol. The van der Waals surface area contributed by atoms with Gasteiger partial charge in [-0.1, -0.05) is 0 Å². The van der Waals surface area contributed by atoms with Crippen molar-refractivity contribution in [2.24, 2.45) is 5.11 Å². The van der Waals surface area contributed by atoms with E-state index in [0.29, 0.717) is 0 Å². The molecular formula is C5H4N6O4. The molecule has 1 N–H and O–H groups in total. The molecule has 15 heavy (non-hydrogen) atoms. The highest BCUT2D eigenvalue weighted by atomic mass is 16.8. The Morgan fingerprint density at radius 3 is 2.93 bits per heavy atom. The molecule has 78 valence electrons. The Balaban J connectivity index is 3.14. The fourth-order valence-corrected chi connectivity index (χ4v) is 0.765. The second-order valence-electron chi connectivity index (χ2n) is 2.30. The van der Waals surface area contributed by atoms with E-state index < -0.39 is 23.3 Å². The molecule has 0 aliphatic carbocycles. The summed E-state index contributed by atoms with van der Waals surface area (Å²) >= 11 is 0.